The summed E-state index contributed by atoms with van der Waals surface area (Å²) in [5, 5.41) is 5.08. The van der Waals surface area contributed by atoms with Crippen molar-refractivity contribution in [1.29, 1.82) is 0 Å². The molecule has 34 heavy (non-hydrogen) atoms. The number of carbonyl (C=O) groups excluding carboxylic acids is 3. The first kappa shape index (κ1) is 24.1. The number of likely N-dealkylation sites (tertiary alicyclic amines) is 1. The number of carbonyl (C=O) groups is 3. The van der Waals surface area contributed by atoms with Crippen LogP contribution in [0.4, 0.5) is 4.79 Å². The highest BCUT2D eigenvalue weighted by atomic mass is 32.1. The van der Waals surface area contributed by atoms with Crippen molar-refractivity contribution in [2.45, 2.75) is 51.6 Å². The second-order valence-corrected chi connectivity index (χ2v) is 10.5. The molecule has 2 aromatic heterocycles. The quantitative estimate of drug-likeness (QED) is 0.451. The maximum absolute atomic E-state index is 13.7. The minimum absolute atomic E-state index is 0.0123. The number of rotatable bonds is 8. The second kappa shape index (κ2) is 10.5. The molecule has 0 saturated carbocycles. The van der Waals surface area contributed by atoms with Gasteiger partial charge in [-0.2, -0.15) is 0 Å². The first-order chi connectivity index (χ1) is 16.4. The summed E-state index contributed by atoms with van der Waals surface area (Å²) in [6.45, 7) is 5.57. The molecule has 2 saturated heterocycles. The van der Waals surface area contributed by atoms with Crippen LogP contribution in [0.5, 0.6) is 0 Å². The van der Waals surface area contributed by atoms with Crippen LogP contribution in [0.25, 0.3) is 6.08 Å². The van der Waals surface area contributed by atoms with E-state index in [4.69, 9.17) is 0 Å². The van der Waals surface area contributed by atoms with Gasteiger partial charge in [0.15, 0.2) is 0 Å². The van der Waals surface area contributed by atoms with Crippen molar-refractivity contribution < 1.29 is 14.4 Å². The molecule has 180 valence electrons. The lowest BCUT2D eigenvalue weighted by Crippen LogP contribution is -2.56. The molecule has 4 rings (SSSR count). The molecule has 2 aliphatic heterocycles. The van der Waals surface area contributed by atoms with E-state index in [1.54, 1.807) is 23.6 Å². The molecule has 2 aliphatic rings. The summed E-state index contributed by atoms with van der Waals surface area (Å²) in [6, 6.07) is 9.07. The van der Waals surface area contributed by atoms with E-state index in [1.165, 1.54) is 4.90 Å². The number of aromatic nitrogens is 1. The van der Waals surface area contributed by atoms with Crippen LogP contribution in [-0.2, 0) is 16.1 Å². The highest BCUT2D eigenvalue weighted by Gasteiger charge is 2.55. The summed E-state index contributed by atoms with van der Waals surface area (Å²) in [4.78, 5) is 47.8. The summed E-state index contributed by atoms with van der Waals surface area (Å²) in [5.41, 5.74) is -0.235. The van der Waals surface area contributed by atoms with Crippen LogP contribution in [0.2, 0.25) is 0 Å². The average molecular weight is 481 g/mol. The highest BCUT2D eigenvalue weighted by Crippen LogP contribution is 2.38. The largest absolute Gasteiger partial charge is 0.339 e. The summed E-state index contributed by atoms with van der Waals surface area (Å²) >= 11 is 1.59. The van der Waals surface area contributed by atoms with E-state index in [-0.39, 0.29) is 30.3 Å². The molecule has 2 fully saturated rings. The van der Waals surface area contributed by atoms with Gasteiger partial charge < -0.3 is 10.2 Å². The van der Waals surface area contributed by atoms with Crippen LogP contribution in [0.3, 0.4) is 0 Å². The first-order valence-electron chi connectivity index (χ1n) is 11.9. The van der Waals surface area contributed by atoms with E-state index >= 15 is 0 Å². The highest BCUT2D eigenvalue weighted by molar-refractivity contribution is 7.10. The average Bonchev–Trinajstić information content (AvgIpc) is 3.45. The van der Waals surface area contributed by atoms with E-state index in [0.717, 1.165) is 11.3 Å². The van der Waals surface area contributed by atoms with Gasteiger partial charge in [0.25, 0.3) is 5.91 Å². The Morgan fingerprint density at radius 3 is 2.68 bits per heavy atom. The lowest BCUT2D eigenvalue weighted by molar-refractivity contribution is -0.135. The van der Waals surface area contributed by atoms with E-state index in [2.05, 4.69) is 24.1 Å². The standard InChI is InChI=1S/C26H32N4O3S/c1-19(2)10-13-26(24(32)30(25(33)28-26)18-21-6-3-4-14-27-21)20-11-15-29(16-12-20)23(31)9-8-22-7-5-17-34-22/h3-9,14,17,19-20H,10-13,15-16,18H2,1-2H3,(H,28,33)/b9-8+. The van der Waals surface area contributed by atoms with E-state index in [1.807, 2.05) is 46.7 Å². The van der Waals surface area contributed by atoms with Gasteiger partial charge in [0.2, 0.25) is 5.91 Å². The van der Waals surface area contributed by atoms with E-state index in [0.29, 0.717) is 44.0 Å². The summed E-state index contributed by atoms with van der Waals surface area (Å²) in [5.74, 6) is 0.227. The third-order valence-electron chi connectivity index (χ3n) is 6.80. The molecule has 1 N–H and O–H groups in total. The lowest BCUT2D eigenvalue weighted by Gasteiger charge is -2.41. The van der Waals surface area contributed by atoms with E-state index in [9.17, 15) is 14.4 Å². The molecule has 0 aromatic carbocycles. The number of nitrogens with zero attached hydrogens (tertiary/aromatic N) is 3. The molecule has 1 unspecified atom stereocenters. The predicted molar refractivity (Wildman–Crippen MR) is 133 cm³/mol. The van der Waals surface area contributed by atoms with Crippen LogP contribution in [0, 0.1) is 11.8 Å². The minimum Gasteiger partial charge on any atom is -0.339 e. The lowest BCUT2D eigenvalue weighted by atomic mass is 9.74. The Morgan fingerprint density at radius 2 is 2.03 bits per heavy atom. The van der Waals surface area contributed by atoms with Gasteiger partial charge in [-0.1, -0.05) is 26.0 Å². The number of nitrogens with one attached hydrogen (secondary N) is 1. The molecule has 4 amide bonds. The van der Waals surface area contributed by atoms with Crippen LogP contribution in [0.1, 0.15) is 50.1 Å². The maximum atomic E-state index is 13.7. The van der Waals surface area contributed by atoms with Gasteiger partial charge >= 0.3 is 6.03 Å². The van der Waals surface area contributed by atoms with Gasteiger partial charge in [-0.05, 0) is 67.2 Å². The summed E-state index contributed by atoms with van der Waals surface area (Å²) < 4.78 is 0. The number of thiophene rings is 1. The smallest absolute Gasteiger partial charge is 0.325 e. The fraction of sp³-hybridized carbons (Fsp3) is 0.462. The Morgan fingerprint density at radius 1 is 1.24 bits per heavy atom. The normalized spacial score (nSPS) is 21.6. The zero-order chi connectivity index (χ0) is 24.1. The number of urea groups is 1. The SMILES string of the molecule is CC(C)CCC1(C2CCN(C(=O)/C=C/c3cccs3)CC2)NC(=O)N(Cc2ccccn2)C1=O. The molecule has 0 bridgehead atoms. The van der Waals surface area contributed by atoms with Crippen LogP contribution in [-0.4, -0.2) is 51.3 Å². The molecule has 0 spiro atoms. The molecule has 2 aromatic rings. The number of pyridine rings is 1. The monoisotopic (exact) mass is 480 g/mol. The molecular weight excluding hydrogens is 448 g/mol. The van der Waals surface area contributed by atoms with Crippen molar-refractivity contribution in [2.24, 2.45) is 11.8 Å². The van der Waals surface area contributed by atoms with Gasteiger partial charge in [-0.3, -0.25) is 19.5 Å². The maximum Gasteiger partial charge on any atom is 0.325 e. The minimum atomic E-state index is -0.919. The Kier molecular flexibility index (Phi) is 7.46. The number of hydrogen-bond donors (Lipinski definition) is 1. The molecule has 0 radical (unpaired) electrons. The summed E-state index contributed by atoms with van der Waals surface area (Å²) in [7, 11) is 0. The van der Waals surface area contributed by atoms with E-state index < -0.39 is 5.54 Å². The zero-order valence-corrected chi connectivity index (χ0v) is 20.6. The van der Waals surface area contributed by atoms with Crippen molar-refractivity contribution in [2.75, 3.05) is 13.1 Å². The number of amides is 4. The molecular formula is C26H32N4O3S. The Balaban J connectivity index is 1.46. The van der Waals surface area contributed by atoms with Crippen molar-refractivity contribution in [3.63, 3.8) is 0 Å². The van der Waals surface area contributed by atoms with Gasteiger partial charge in [0.05, 0.1) is 12.2 Å². The molecule has 8 heteroatoms. The zero-order valence-electron chi connectivity index (χ0n) is 19.8. The van der Waals surface area contributed by atoms with Gasteiger partial charge in [-0.15, -0.1) is 11.3 Å². The van der Waals surface area contributed by atoms with Crippen molar-refractivity contribution in [3.8, 4) is 0 Å². The van der Waals surface area contributed by atoms with Crippen molar-refractivity contribution in [1.82, 2.24) is 20.1 Å². The molecule has 7 nitrogen and oxygen atoms in total. The second-order valence-electron chi connectivity index (χ2n) is 9.49. The summed E-state index contributed by atoms with van der Waals surface area (Å²) in [6.07, 6.45) is 7.94. The van der Waals surface area contributed by atoms with Crippen molar-refractivity contribution in [3.05, 3.63) is 58.6 Å². The van der Waals surface area contributed by atoms with Crippen LogP contribution in [0.15, 0.2) is 48.0 Å². The predicted octanol–water partition coefficient (Wildman–Crippen LogP) is 4.32. The van der Waals surface area contributed by atoms with Crippen molar-refractivity contribution >= 4 is 35.3 Å². The Labute approximate surface area is 204 Å². The number of hydrogen-bond acceptors (Lipinski definition) is 5. The number of piperidine rings is 1. The van der Waals surface area contributed by atoms with Gasteiger partial charge in [0, 0.05) is 30.2 Å². The first-order valence-corrected chi connectivity index (χ1v) is 12.8. The van der Waals surface area contributed by atoms with Gasteiger partial charge in [-0.25, -0.2) is 4.79 Å². The third kappa shape index (κ3) is 5.22. The Bertz CT molecular complexity index is 1030. The molecule has 1 atom stereocenters. The molecule has 0 aliphatic carbocycles. The Hall–Kier alpha value is -3.00. The molecule has 4 heterocycles. The fourth-order valence-corrected chi connectivity index (χ4v) is 5.46. The van der Waals surface area contributed by atoms with Crippen LogP contribution >= 0.6 is 11.3 Å². The number of imide groups is 1. The van der Waals surface area contributed by atoms with Gasteiger partial charge in [0.1, 0.15) is 5.54 Å². The fourth-order valence-electron chi connectivity index (χ4n) is 4.85. The third-order valence-corrected chi connectivity index (χ3v) is 7.64. The topological polar surface area (TPSA) is 82.6 Å². The van der Waals surface area contributed by atoms with Crippen LogP contribution < -0.4 is 5.32 Å².